The summed E-state index contributed by atoms with van der Waals surface area (Å²) in [7, 11) is 0. The molecule has 3 aromatic heterocycles. The number of unbranched alkanes of at least 4 members (excludes halogenated alkanes) is 1. The number of pyridine rings is 1. The lowest BCUT2D eigenvalue weighted by molar-refractivity contribution is -0.113. The number of hydrogen-bond acceptors (Lipinski definition) is 7. The third-order valence-electron chi connectivity index (χ3n) is 4.71. The van der Waals surface area contributed by atoms with Crippen molar-refractivity contribution in [2.75, 3.05) is 11.5 Å². The predicted molar refractivity (Wildman–Crippen MR) is 118 cm³/mol. The van der Waals surface area contributed by atoms with E-state index in [1.54, 1.807) is 24.9 Å². The van der Waals surface area contributed by atoms with E-state index in [2.05, 4.69) is 4.98 Å². The quantitative estimate of drug-likeness (QED) is 0.238. The van der Waals surface area contributed by atoms with Crippen LogP contribution in [0.3, 0.4) is 0 Å². The van der Waals surface area contributed by atoms with Crippen LogP contribution in [-0.4, -0.2) is 41.7 Å². The maximum Gasteiger partial charge on any atom is 0.339 e. The number of rotatable bonds is 6. The minimum atomic E-state index is -0.857. The van der Waals surface area contributed by atoms with Crippen molar-refractivity contribution < 1.29 is 9.59 Å². The van der Waals surface area contributed by atoms with E-state index in [4.69, 9.17) is 0 Å². The summed E-state index contributed by atoms with van der Waals surface area (Å²) in [5, 5.41) is 1.35. The Labute approximate surface area is 186 Å². The van der Waals surface area contributed by atoms with Gasteiger partial charge in [0, 0.05) is 24.5 Å². The third kappa shape index (κ3) is 3.99. The smallest absolute Gasteiger partial charge is 0.294 e. The first-order chi connectivity index (χ1) is 14.0. The summed E-state index contributed by atoms with van der Waals surface area (Å²) < 4.78 is 3.92. The molecule has 0 saturated heterocycles. The Morgan fingerprint density at radius 2 is 1.97 bits per heavy atom. The van der Waals surface area contributed by atoms with E-state index in [-0.39, 0.29) is 29.7 Å². The Balaban J connectivity index is 0.00000256. The molecular weight excluding hydrogens is 448 g/mol. The summed E-state index contributed by atoms with van der Waals surface area (Å²) in [4.78, 5) is 53.3. The largest absolute Gasteiger partial charge is 0.339 e. The standard InChI is InChI=1S/C19H18N4O4S2.ClH/c1-12-16(25)22(19(27)23-17(26)13(24)11-29-18(12)23)8-2-3-10-28-15-6-4-5-14-20-7-9-21(14)15;/h4-7,9H,2-3,8,10-11H2,1H3;1H. The second-order valence-corrected chi connectivity index (χ2v) is 8.68. The number of thioether (sulfide) groups is 2. The molecule has 0 N–H and O–H groups in total. The first kappa shape index (κ1) is 22.4. The van der Waals surface area contributed by atoms with E-state index in [0.717, 1.165) is 43.7 Å². The van der Waals surface area contributed by atoms with E-state index in [1.165, 1.54) is 0 Å². The molecule has 30 heavy (non-hydrogen) atoms. The second kappa shape index (κ2) is 9.23. The van der Waals surface area contributed by atoms with Crippen molar-refractivity contribution in [2.24, 2.45) is 0 Å². The number of aromatic nitrogens is 4. The summed E-state index contributed by atoms with van der Waals surface area (Å²) in [5.41, 5.74) is 0.0940. The first-order valence-corrected chi connectivity index (χ1v) is 11.1. The average molecular weight is 467 g/mol. The number of imidazole rings is 1. The number of carbonyl (C=O) groups excluding carboxylic acids is 2. The van der Waals surface area contributed by atoms with Crippen molar-refractivity contribution >= 4 is 53.3 Å². The number of ketones is 1. The van der Waals surface area contributed by atoms with Crippen molar-refractivity contribution in [3.05, 3.63) is 57.0 Å². The highest BCUT2D eigenvalue weighted by molar-refractivity contribution is 8.00. The Hall–Kier alpha value is -2.30. The third-order valence-corrected chi connectivity index (χ3v) is 7.00. The van der Waals surface area contributed by atoms with Crippen LogP contribution in [0.4, 0.5) is 0 Å². The Bertz CT molecular complexity index is 1250. The second-order valence-electron chi connectivity index (χ2n) is 6.60. The maximum absolute atomic E-state index is 12.7. The molecule has 0 saturated carbocycles. The van der Waals surface area contributed by atoms with Crippen molar-refractivity contribution in [1.82, 2.24) is 18.5 Å². The molecule has 11 heteroatoms. The fraction of sp³-hybridized carbons (Fsp3) is 0.316. The van der Waals surface area contributed by atoms with Crippen LogP contribution >= 0.6 is 35.9 Å². The van der Waals surface area contributed by atoms with Gasteiger partial charge in [-0.2, -0.15) is 0 Å². The molecule has 0 unspecified atom stereocenters. The number of Topliss-reactive ketones (excluding diaryl/α,β-unsaturated/α-hetero) is 1. The average Bonchev–Trinajstić information content (AvgIpc) is 3.20. The Morgan fingerprint density at radius 3 is 2.77 bits per heavy atom. The van der Waals surface area contributed by atoms with Crippen molar-refractivity contribution in [2.45, 2.75) is 36.4 Å². The van der Waals surface area contributed by atoms with Crippen LogP contribution in [0.1, 0.15) is 23.2 Å². The molecule has 1 aliphatic rings. The highest BCUT2D eigenvalue weighted by atomic mass is 35.5. The molecule has 158 valence electrons. The molecule has 0 radical (unpaired) electrons. The molecular formula is C19H19ClN4O4S2. The Kier molecular flexibility index (Phi) is 6.89. The SMILES string of the molecule is Cc1c2n(c(=O)n(CCCCSc3cccc4nccn34)c1=O)C(=O)C(=O)CS2.Cl. The van der Waals surface area contributed by atoms with Gasteiger partial charge in [0.1, 0.15) is 5.65 Å². The lowest BCUT2D eigenvalue weighted by Gasteiger charge is -2.19. The summed E-state index contributed by atoms with van der Waals surface area (Å²) in [5.74, 6) is -0.711. The van der Waals surface area contributed by atoms with Gasteiger partial charge in [-0.25, -0.2) is 14.3 Å². The highest BCUT2D eigenvalue weighted by Gasteiger charge is 2.30. The number of carbonyl (C=O) groups is 2. The van der Waals surface area contributed by atoms with Crippen molar-refractivity contribution in [1.29, 1.82) is 0 Å². The van der Waals surface area contributed by atoms with Crippen LogP contribution in [-0.2, 0) is 11.3 Å². The predicted octanol–water partition coefficient (Wildman–Crippen LogP) is 2.28. The van der Waals surface area contributed by atoms with Gasteiger partial charge in [-0.15, -0.1) is 24.2 Å². The maximum atomic E-state index is 12.7. The lowest BCUT2D eigenvalue weighted by atomic mass is 10.3. The topological polar surface area (TPSA) is 95.4 Å². The van der Waals surface area contributed by atoms with Crippen LogP contribution in [0.15, 0.2) is 50.2 Å². The van der Waals surface area contributed by atoms with E-state index in [1.807, 2.05) is 28.8 Å². The van der Waals surface area contributed by atoms with Crippen LogP contribution in [0, 0.1) is 6.92 Å². The first-order valence-electron chi connectivity index (χ1n) is 9.10. The van der Waals surface area contributed by atoms with Crippen LogP contribution in [0.25, 0.3) is 5.65 Å². The normalized spacial score (nSPS) is 13.4. The van der Waals surface area contributed by atoms with Gasteiger partial charge in [-0.1, -0.05) is 17.8 Å². The van der Waals surface area contributed by atoms with E-state index in [0.29, 0.717) is 12.0 Å². The van der Waals surface area contributed by atoms with Gasteiger partial charge in [0.25, 0.3) is 5.56 Å². The zero-order valence-corrected chi connectivity index (χ0v) is 18.5. The molecule has 0 spiro atoms. The zero-order valence-electron chi connectivity index (χ0n) is 16.1. The van der Waals surface area contributed by atoms with Crippen LogP contribution in [0.2, 0.25) is 0 Å². The monoisotopic (exact) mass is 466 g/mol. The number of nitrogens with zero attached hydrogens (tertiary/aromatic N) is 4. The van der Waals surface area contributed by atoms with Gasteiger partial charge in [-0.3, -0.25) is 23.4 Å². The molecule has 0 bridgehead atoms. The van der Waals surface area contributed by atoms with Gasteiger partial charge in [0.05, 0.1) is 15.8 Å². The van der Waals surface area contributed by atoms with E-state index in [9.17, 15) is 19.2 Å². The molecule has 0 atom stereocenters. The molecule has 0 aliphatic carbocycles. The molecule has 0 aromatic carbocycles. The molecule has 0 fully saturated rings. The summed E-state index contributed by atoms with van der Waals surface area (Å²) in [6, 6.07) is 5.91. The Morgan fingerprint density at radius 1 is 1.17 bits per heavy atom. The molecule has 8 nitrogen and oxygen atoms in total. The zero-order chi connectivity index (χ0) is 20.5. The molecule has 1 aliphatic heterocycles. The van der Waals surface area contributed by atoms with Crippen LogP contribution in [0.5, 0.6) is 0 Å². The van der Waals surface area contributed by atoms with E-state index >= 15 is 0 Å². The molecule has 4 heterocycles. The summed E-state index contributed by atoms with van der Waals surface area (Å²) in [6.45, 7) is 1.79. The number of fused-ring (bicyclic) bond motifs is 2. The fourth-order valence-corrected chi connectivity index (χ4v) is 5.22. The van der Waals surface area contributed by atoms with Crippen molar-refractivity contribution in [3.63, 3.8) is 0 Å². The van der Waals surface area contributed by atoms with Crippen LogP contribution < -0.4 is 11.2 Å². The van der Waals surface area contributed by atoms with Gasteiger partial charge in [0.2, 0.25) is 5.78 Å². The number of hydrogen-bond donors (Lipinski definition) is 0. The van der Waals surface area contributed by atoms with Crippen molar-refractivity contribution in [3.8, 4) is 0 Å². The highest BCUT2D eigenvalue weighted by Crippen LogP contribution is 2.23. The minimum Gasteiger partial charge on any atom is -0.294 e. The molecule has 3 aromatic rings. The number of halogens is 1. The fourth-order valence-electron chi connectivity index (χ4n) is 3.21. The lowest BCUT2D eigenvalue weighted by Crippen LogP contribution is -2.48. The van der Waals surface area contributed by atoms with Gasteiger partial charge in [0.15, 0.2) is 0 Å². The molecule has 0 amide bonds. The minimum absolute atomic E-state index is 0. The van der Waals surface area contributed by atoms with E-state index < -0.39 is 22.9 Å². The molecule has 4 rings (SSSR count). The summed E-state index contributed by atoms with van der Waals surface area (Å²) >= 11 is 2.74. The van der Waals surface area contributed by atoms with Gasteiger partial charge >= 0.3 is 11.6 Å². The summed E-state index contributed by atoms with van der Waals surface area (Å²) in [6.07, 6.45) is 5.05. The van der Waals surface area contributed by atoms with Gasteiger partial charge < -0.3 is 0 Å². The van der Waals surface area contributed by atoms with Gasteiger partial charge in [-0.05, 0) is 37.7 Å².